The number of carboxylic acid groups (broad SMARTS) is 1. The Balaban J connectivity index is 1.53. The number of carbonyl (C=O) groups is 2. The lowest BCUT2D eigenvalue weighted by Gasteiger charge is -2.14. The SMILES string of the molecule is O=C(CCc1ccc2[nH]ccc2c1)NC(CC1CC1)C(=O)O. The third-order valence-corrected chi connectivity index (χ3v) is 4.16. The molecule has 1 aromatic carbocycles. The molecular weight excluding hydrogens is 280 g/mol. The maximum Gasteiger partial charge on any atom is 0.326 e. The van der Waals surface area contributed by atoms with Crippen molar-refractivity contribution in [3.63, 3.8) is 0 Å². The van der Waals surface area contributed by atoms with Crippen LogP contribution in [0.1, 0.15) is 31.2 Å². The molecule has 1 aliphatic rings. The Kier molecular flexibility index (Phi) is 4.13. The second-order valence-electron chi connectivity index (χ2n) is 6.04. The lowest BCUT2D eigenvalue weighted by molar-refractivity contribution is -0.142. The summed E-state index contributed by atoms with van der Waals surface area (Å²) in [6.07, 6.45) is 5.52. The number of nitrogens with one attached hydrogen (secondary N) is 2. The summed E-state index contributed by atoms with van der Waals surface area (Å²) in [5.74, 6) is -0.659. The first-order valence-electron chi connectivity index (χ1n) is 7.70. The Bertz CT molecular complexity index is 688. The molecule has 3 rings (SSSR count). The zero-order chi connectivity index (χ0) is 15.5. The van der Waals surface area contributed by atoms with Gasteiger partial charge >= 0.3 is 5.97 Å². The minimum absolute atomic E-state index is 0.192. The van der Waals surface area contributed by atoms with E-state index in [-0.39, 0.29) is 5.91 Å². The van der Waals surface area contributed by atoms with Gasteiger partial charge in [0.2, 0.25) is 5.91 Å². The van der Waals surface area contributed by atoms with E-state index in [2.05, 4.69) is 16.4 Å². The summed E-state index contributed by atoms with van der Waals surface area (Å²) in [7, 11) is 0. The molecule has 1 atom stereocenters. The number of hydrogen-bond donors (Lipinski definition) is 3. The highest BCUT2D eigenvalue weighted by Gasteiger charge is 2.29. The van der Waals surface area contributed by atoms with Crippen LogP contribution in [0.15, 0.2) is 30.5 Å². The average Bonchev–Trinajstić information content (AvgIpc) is 3.19. The van der Waals surface area contributed by atoms with Gasteiger partial charge in [0.05, 0.1) is 0 Å². The van der Waals surface area contributed by atoms with Gasteiger partial charge < -0.3 is 15.4 Å². The van der Waals surface area contributed by atoms with E-state index in [1.54, 1.807) is 0 Å². The summed E-state index contributed by atoms with van der Waals surface area (Å²) in [6, 6.07) is 7.29. The molecule has 1 fully saturated rings. The molecule has 2 aromatic rings. The van der Waals surface area contributed by atoms with E-state index in [0.29, 0.717) is 25.2 Å². The van der Waals surface area contributed by atoms with Gasteiger partial charge in [-0.2, -0.15) is 0 Å². The Labute approximate surface area is 128 Å². The number of carboxylic acids is 1. The first-order valence-corrected chi connectivity index (χ1v) is 7.70. The summed E-state index contributed by atoms with van der Waals surface area (Å²) in [4.78, 5) is 26.3. The molecule has 3 N–H and O–H groups in total. The number of aryl methyl sites for hydroxylation is 1. The van der Waals surface area contributed by atoms with Gasteiger partial charge in [0.1, 0.15) is 6.04 Å². The average molecular weight is 300 g/mol. The van der Waals surface area contributed by atoms with Crippen LogP contribution in [0, 0.1) is 5.92 Å². The molecule has 116 valence electrons. The van der Waals surface area contributed by atoms with Crippen LogP contribution in [-0.2, 0) is 16.0 Å². The van der Waals surface area contributed by atoms with E-state index < -0.39 is 12.0 Å². The van der Waals surface area contributed by atoms with Crippen LogP contribution in [0.25, 0.3) is 10.9 Å². The van der Waals surface area contributed by atoms with Crippen molar-refractivity contribution < 1.29 is 14.7 Å². The summed E-state index contributed by atoms with van der Waals surface area (Å²) in [5.41, 5.74) is 2.15. The van der Waals surface area contributed by atoms with Gasteiger partial charge in [-0.15, -0.1) is 0 Å². The monoisotopic (exact) mass is 300 g/mol. The molecule has 1 aromatic heterocycles. The minimum Gasteiger partial charge on any atom is -0.480 e. The Morgan fingerprint density at radius 2 is 2.14 bits per heavy atom. The zero-order valence-electron chi connectivity index (χ0n) is 12.3. The van der Waals surface area contributed by atoms with Gasteiger partial charge in [-0.1, -0.05) is 18.9 Å². The third-order valence-electron chi connectivity index (χ3n) is 4.16. The molecule has 1 heterocycles. The molecule has 5 heteroatoms. The second kappa shape index (κ2) is 6.22. The molecule has 1 unspecified atom stereocenters. The molecule has 0 saturated heterocycles. The molecule has 1 aliphatic carbocycles. The highest BCUT2D eigenvalue weighted by molar-refractivity contribution is 5.84. The third kappa shape index (κ3) is 3.67. The van der Waals surface area contributed by atoms with E-state index in [9.17, 15) is 9.59 Å². The van der Waals surface area contributed by atoms with Crippen LogP contribution in [0.2, 0.25) is 0 Å². The van der Waals surface area contributed by atoms with E-state index in [1.165, 1.54) is 0 Å². The molecule has 1 amide bonds. The number of carbonyl (C=O) groups excluding carboxylic acids is 1. The number of aromatic amines is 1. The molecule has 0 spiro atoms. The summed E-state index contributed by atoms with van der Waals surface area (Å²) in [6.45, 7) is 0. The maximum absolute atomic E-state index is 12.0. The quantitative estimate of drug-likeness (QED) is 0.734. The Morgan fingerprint density at radius 3 is 2.86 bits per heavy atom. The first kappa shape index (κ1) is 14.6. The lowest BCUT2D eigenvalue weighted by Crippen LogP contribution is -2.41. The van der Waals surface area contributed by atoms with Crippen LogP contribution in [0.3, 0.4) is 0 Å². The summed E-state index contributed by atoms with van der Waals surface area (Å²) >= 11 is 0. The van der Waals surface area contributed by atoms with Crippen LogP contribution in [-0.4, -0.2) is 28.0 Å². The molecule has 5 nitrogen and oxygen atoms in total. The van der Waals surface area contributed by atoms with Crippen molar-refractivity contribution in [2.45, 2.75) is 38.1 Å². The predicted molar refractivity (Wildman–Crippen MR) is 83.5 cm³/mol. The highest BCUT2D eigenvalue weighted by atomic mass is 16.4. The van der Waals surface area contributed by atoms with Crippen LogP contribution < -0.4 is 5.32 Å². The second-order valence-corrected chi connectivity index (χ2v) is 6.04. The van der Waals surface area contributed by atoms with Crippen LogP contribution in [0.4, 0.5) is 0 Å². The number of H-pyrrole nitrogens is 1. The van der Waals surface area contributed by atoms with E-state index in [1.807, 2.05) is 24.4 Å². The Morgan fingerprint density at radius 1 is 1.32 bits per heavy atom. The fraction of sp³-hybridized carbons (Fsp3) is 0.412. The number of hydrogen-bond acceptors (Lipinski definition) is 2. The van der Waals surface area contributed by atoms with Crippen LogP contribution >= 0.6 is 0 Å². The van der Waals surface area contributed by atoms with E-state index in [4.69, 9.17) is 5.11 Å². The van der Waals surface area contributed by atoms with Crippen molar-refractivity contribution in [3.05, 3.63) is 36.0 Å². The molecule has 0 bridgehead atoms. The van der Waals surface area contributed by atoms with Gasteiger partial charge in [0.15, 0.2) is 0 Å². The first-order chi connectivity index (χ1) is 10.6. The topological polar surface area (TPSA) is 82.2 Å². The lowest BCUT2D eigenvalue weighted by atomic mass is 10.1. The normalized spacial score (nSPS) is 15.6. The molecule has 22 heavy (non-hydrogen) atoms. The largest absolute Gasteiger partial charge is 0.480 e. The van der Waals surface area contributed by atoms with Gasteiger partial charge in [0.25, 0.3) is 0 Å². The number of amides is 1. The van der Waals surface area contributed by atoms with Gasteiger partial charge in [0, 0.05) is 18.1 Å². The van der Waals surface area contributed by atoms with Gasteiger partial charge in [-0.25, -0.2) is 4.79 Å². The molecular formula is C17H20N2O3. The molecule has 0 radical (unpaired) electrons. The predicted octanol–water partition coefficient (Wildman–Crippen LogP) is 2.47. The zero-order valence-corrected chi connectivity index (χ0v) is 12.3. The van der Waals surface area contributed by atoms with Crippen molar-refractivity contribution >= 4 is 22.8 Å². The highest BCUT2D eigenvalue weighted by Crippen LogP contribution is 2.33. The van der Waals surface area contributed by atoms with E-state index >= 15 is 0 Å². The van der Waals surface area contributed by atoms with Crippen molar-refractivity contribution in [2.75, 3.05) is 0 Å². The van der Waals surface area contributed by atoms with Crippen molar-refractivity contribution in [1.29, 1.82) is 0 Å². The number of aliphatic carboxylic acids is 1. The number of rotatable bonds is 7. The molecule has 1 saturated carbocycles. The van der Waals surface area contributed by atoms with Gasteiger partial charge in [-0.3, -0.25) is 4.79 Å². The smallest absolute Gasteiger partial charge is 0.326 e. The Hall–Kier alpha value is -2.30. The minimum atomic E-state index is -0.936. The summed E-state index contributed by atoms with van der Waals surface area (Å²) in [5, 5.41) is 12.9. The van der Waals surface area contributed by atoms with E-state index in [0.717, 1.165) is 29.3 Å². The fourth-order valence-corrected chi connectivity index (χ4v) is 2.69. The number of fused-ring (bicyclic) bond motifs is 1. The van der Waals surface area contributed by atoms with Crippen molar-refractivity contribution in [2.24, 2.45) is 5.92 Å². The maximum atomic E-state index is 12.0. The van der Waals surface area contributed by atoms with Gasteiger partial charge in [-0.05, 0) is 47.9 Å². The van der Waals surface area contributed by atoms with Crippen molar-refractivity contribution in [1.82, 2.24) is 10.3 Å². The fourth-order valence-electron chi connectivity index (χ4n) is 2.69. The molecule has 0 aliphatic heterocycles. The van der Waals surface area contributed by atoms with Crippen molar-refractivity contribution in [3.8, 4) is 0 Å². The summed E-state index contributed by atoms with van der Waals surface area (Å²) < 4.78 is 0. The number of aromatic nitrogens is 1. The van der Waals surface area contributed by atoms with Crippen LogP contribution in [0.5, 0.6) is 0 Å². The number of benzene rings is 1. The standard InChI is InChI=1S/C17H20N2O3/c20-16(19-15(17(21)22)10-12-1-2-12)6-4-11-3-5-14-13(9-11)7-8-18-14/h3,5,7-9,12,15,18H,1-2,4,6,10H2,(H,19,20)(H,21,22).